The van der Waals surface area contributed by atoms with Gasteiger partial charge in [-0.3, -0.25) is 4.99 Å². The molecule has 1 saturated heterocycles. The van der Waals surface area contributed by atoms with Crippen LogP contribution in [-0.4, -0.2) is 52.9 Å². The number of methoxy groups -OCH3 is 2. The van der Waals surface area contributed by atoms with E-state index >= 15 is 0 Å². The maximum Gasteiger partial charge on any atom is 0.191 e. The molecule has 1 unspecified atom stereocenters. The van der Waals surface area contributed by atoms with Gasteiger partial charge in [0.2, 0.25) is 0 Å². The minimum Gasteiger partial charge on any atom is -0.497 e. The number of guanidine groups is 1. The molecule has 8 heteroatoms. The molecule has 6 nitrogen and oxygen atoms in total. The lowest BCUT2D eigenvalue weighted by Gasteiger charge is -2.21. The Morgan fingerprint density at radius 3 is 2.61 bits per heavy atom. The van der Waals surface area contributed by atoms with Crippen LogP contribution in [0.3, 0.4) is 0 Å². The van der Waals surface area contributed by atoms with E-state index < -0.39 is 0 Å². The van der Waals surface area contributed by atoms with Crippen molar-refractivity contribution in [2.75, 3.05) is 45.8 Å². The summed E-state index contributed by atoms with van der Waals surface area (Å²) in [4.78, 5) is 8.10. The van der Waals surface area contributed by atoms with Crippen LogP contribution in [0.5, 0.6) is 11.5 Å². The van der Waals surface area contributed by atoms with Crippen LogP contribution in [0.25, 0.3) is 0 Å². The number of aliphatic imine (C=N–C) groups is 1. The van der Waals surface area contributed by atoms with E-state index in [0.29, 0.717) is 6.04 Å². The van der Waals surface area contributed by atoms with Crippen molar-refractivity contribution in [2.24, 2.45) is 4.99 Å². The van der Waals surface area contributed by atoms with Crippen LogP contribution in [-0.2, 0) is 6.42 Å². The van der Waals surface area contributed by atoms with Crippen LogP contribution in [0.15, 0.2) is 40.7 Å². The van der Waals surface area contributed by atoms with Gasteiger partial charge in [0.25, 0.3) is 0 Å². The summed E-state index contributed by atoms with van der Waals surface area (Å²) in [5.74, 6) is 2.49. The van der Waals surface area contributed by atoms with Gasteiger partial charge >= 0.3 is 0 Å². The van der Waals surface area contributed by atoms with E-state index in [2.05, 4.69) is 50.2 Å². The Morgan fingerprint density at radius 2 is 2.00 bits per heavy atom. The van der Waals surface area contributed by atoms with Crippen molar-refractivity contribution in [3.05, 3.63) is 40.6 Å². The van der Waals surface area contributed by atoms with Crippen LogP contribution in [0, 0.1) is 0 Å². The lowest BCUT2D eigenvalue weighted by molar-refractivity contribution is 0.394. The predicted octanol–water partition coefficient (Wildman–Crippen LogP) is 3.37. The van der Waals surface area contributed by atoms with E-state index in [-0.39, 0.29) is 24.0 Å². The molecule has 0 spiro atoms. The highest BCUT2D eigenvalue weighted by atomic mass is 127. The van der Waals surface area contributed by atoms with Crippen molar-refractivity contribution in [3.8, 4) is 11.5 Å². The Hall–Kier alpha value is -1.68. The van der Waals surface area contributed by atoms with Gasteiger partial charge < -0.3 is 25.0 Å². The summed E-state index contributed by atoms with van der Waals surface area (Å²) in [6.45, 7) is 2.78. The fourth-order valence-electron chi connectivity index (χ4n) is 3.23. The van der Waals surface area contributed by atoms with Crippen molar-refractivity contribution in [2.45, 2.75) is 18.9 Å². The molecule has 1 aliphatic heterocycles. The first-order valence-electron chi connectivity index (χ1n) is 9.19. The predicted molar refractivity (Wildman–Crippen MR) is 128 cm³/mol. The van der Waals surface area contributed by atoms with Crippen molar-refractivity contribution >= 4 is 47.0 Å². The van der Waals surface area contributed by atoms with E-state index in [9.17, 15) is 0 Å². The molecule has 1 fully saturated rings. The highest BCUT2D eigenvalue weighted by molar-refractivity contribution is 14.0. The molecule has 1 aliphatic rings. The first kappa shape index (κ1) is 22.6. The highest BCUT2D eigenvalue weighted by Crippen LogP contribution is 2.30. The number of ether oxygens (including phenoxy) is 2. The summed E-state index contributed by atoms with van der Waals surface area (Å²) in [5.41, 5.74) is 1.12. The molecule has 0 bridgehead atoms. The molecule has 2 N–H and O–H groups in total. The highest BCUT2D eigenvalue weighted by Gasteiger charge is 2.24. The van der Waals surface area contributed by atoms with Gasteiger partial charge in [-0.05, 0) is 24.3 Å². The summed E-state index contributed by atoms with van der Waals surface area (Å²) in [5, 5.41) is 9.07. The lowest BCUT2D eigenvalue weighted by Crippen LogP contribution is -2.45. The summed E-state index contributed by atoms with van der Waals surface area (Å²) in [6, 6.07) is 10.6. The lowest BCUT2D eigenvalue weighted by atomic mass is 10.2. The molecule has 1 atom stereocenters. The smallest absolute Gasteiger partial charge is 0.191 e. The third-order valence-electron chi connectivity index (χ3n) is 4.70. The molecule has 28 heavy (non-hydrogen) atoms. The number of benzene rings is 1. The van der Waals surface area contributed by atoms with Gasteiger partial charge in [0.15, 0.2) is 5.96 Å². The van der Waals surface area contributed by atoms with Gasteiger partial charge in [0.05, 0.1) is 14.2 Å². The van der Waals surface area contributed by atoms with E-state index in [1.807, 2.05) is 13.1 Å². The Balaban J connectivity index is 0.00000280. The van der Waals surface area contributed by atoms with E-state index in [0.717, 1.165) is 55.6 Å². The average molecular weight is 516 g/mol. The van der Waals surface area contributed by atoms with Crippen molar-refractivity contribution in [1.29, 1.82) is 0 Å². The maximum absolute atomic E-state index is 5.39. The quantitative estimate of drug-likeness (QED) is 0.336. The number of rotatable bonds is 7. The SMILES string of the molecule is CN=C(NCCc1cccs1)NC1CCN(c2cc(OC)cc(OC)c2)C1.I. The number of halogens is 1. The van der Waals surface area contributed by atoms with Gasteiger partial charge in [-0.25, -0.2) is 0 Å². The van der Waals surface area contributed by atoms with E-state index in [1.54, 1.807) is 25.6 Å². The molecule has 0 saturated carbocycles. The number of hydrogen-bond donors (Lipinski definition) is 2. The van der Waals surface area contributed by atoms with E-state index in [4.69, 9.17) is 9.47 Å². The summed E-state index contributed by atoms with van der Waals surface area (Å²) in [6.07, 6.45) is 2.07. The molecule has 0 aliphatic carbocycles. The number of nitrogens with zero attached hydrogens (tertiary/aromatic N) is 2. The molecule has 0 radical (unpaired) electrons. The molecular formula is C20H29IN4O2S. The largest absolute Gasteiger partial charge is 0.497 e. The summed E-state index contributed by atoms with van der Waals surface area (Å²) < 4.78 is 10.8. The van der Waals surface area contributed by atoms with E-state index in [1.165, 1.54) is 4.88 Å². The minimum absolute atomic E-state index is 0. The second-order valence-electron chi connectivity index (χ2n) is 6.48. The zero-order chi connectivity index (χ0) is 19.1. The van der Waals surface area contributed by atoms with Gasteiger partial charge in [0.1, 0.15) is 11.5 Å². The molecule has 0 amide bonds. The van der Waals surface area contributed by atoms with Gasteiger partial charge in [-0.15, -0.1) is 35.3 Å². The maximum atomic E-state index is 5.39. The van der Waals surface area contributed by atoms with Crippen LogP contribution >= 0.6 is 35.3 Å². The number of nitrogens with one attached hydrogen (secondary N) is 2. The topological polar surface area (TPSA) is 58.1 Å². The van der Waals surface area contributed by atoms with Crippen molar-refractivity contribution in [3.63, 3.8) is 0 Å². The first-order chi connectivity index (χ1) is 13.2. The zero-order valence-electron chi connectivity index (χ0n) is 16.6. The fraction of sp³-hybridized carbons (Fsp3) is 0.450. The van der Waals surface area contributed by atoms with Gasteiger partial charge in [0, 0.05) is 61.5 Å². The average Bonchev–Trinajstić information content (AvgIpc) is 3.38. The van der Waals surface area contributed by atoms with Gasteiger partial charge in [-0.2, -0.15) is 0 Å². The normalized spacial score (nSPS) is 16.5. The fourth-order valence-corrected chi connectivity index (χ4v) is 3.94. The van der Waals surface area contributed by atoms with Crippen LogP contribution in [0.1, 0.15) is 11.3 Å². The second-order valence-corrected chi connectivity index (χ2v) is 7.51. The third-order valence-corrected chi connectivity index (χ3v) is 5.63. The minimum atomic E-state index is 0. The molecule has 3 rings (SSSR count). The third kappa shape index (κ3) is 6.16. The number of anilines is 1. The van der Waals surface area contributed by atoms with Crippen LogP contribution in [0.4, 0.5) is 5.69 Å². The van der Waals surface area contributed by atoms with Crippen molar-refractivity contribution < 1.29 is 9.47 Å². The summed E-state index contributed by atoms with van der Waals surface area (Å²) in [7, 11) is 5.18. The first-order valence-corrected chi connectivity index (χ1v) is 10.1. The molecule has 1 aromatic heterocycles. The zero-order valence-corrected chi connectivity index (χ0v) is 19.8. The Labute approximate surface area is 188 Å². The van der Waals surface area contributed by atoms with Crippen molar-refractivity contribution in [1.82, 2.24) is 10.6 Å². The molecular weight excluding hydrogens is 487 g/mol. The molecule has 1 aromatic carbocycles. The molecule has 2 heterocycles. The summed E-state index contributed by atoms with van der Waals surface area (Å²) >= 11 is 1.79. The number of thiophene rings is 1. The molecule has 154 valence electrons. The number of hydrogen-bond acceptors (Lipinski definition) is 5. The standard InChI is InChI=1S/C20H28N4O2S.HI/c1-21-20(22-8-6-19-5-4-10-27-19)23-15-7-9-24(14-15)16-11-17(25-2)13-18(12-16)26-3;/h4-5,10-13,15H,6-9,14H2,1-3H3,(H2,21,22,23);1H. The Bertz CT molecular complexity index is 732. The monoisotopic (exact) mass is 516 g/mol. The van der Waals surface area contributed by atoms with Gasteiger partial charge in [-0.1, -0.05) is 6.07 Å². The Kier molecular flexibility index (Phi) is 9.17. The molecule has 2 aromatic rings. The second kappa shape index (κ2) is 11.4. The Morgan fingerprint density at radius 1 is 1.25 bits per heavy atom. The van der Waals surface area contributed by atoms with Crippen LogP contribution < -0.4 is 25.0 Å². The van der Waals surface area contributed by atoms with Crippen LogP contribution in [0.2, 0.25) is 0 Å².